The Bertz CT molecular complexity index is 856. The van der Waals surface area contributed by atoms with Crippen molar-refractivity contribution in [3.8, 4) is 11.5 Å². The van der Waals surface area contributed by atoms with E-state index < -0.39 is 6.61 Å². The molecule has 164 valence electrons. The lowest BCUT2D eigenvalue weighted by Crippen LogP contribution is -2.38. The average Bonchev–Trinajstić information content (AvgIpc) is 2.96. The van der Waals surface area contributed by atoms with E-state index in [-0.39, 0.29) is 12.3 Å². The number of methoxy groups -OCH3 is 1. The van der Waals surface area contributed by atoms with Crippen molar-refractivity contribution in [2.45, 2.75) is 51.8 Å². The molecule has 0 unspecified atom stereocenters. The molecular weight excluding hydrogens is 394 g/mol. The summed E-state index contributed by atoms with van der Waals surface area (Å²) in [7, 11) is 3.17. The number of nitrogens with zero attached hydrogens (tertiary/aromatic N) is 4. The van der Waals surface area contributed by atoms with Gasteiger partial charge in [0.05, 0.1) is 7.11 Å². The predicted octanol–water partition coefficient (Wildman–Crippen LogP) is 2.52. The molecule has 0 bridgehead atoms. The van der Waals surface area contributed by atoms with E-state index in [1.54, 1.807) is 19.2 Å². The average molecular weight is 422 g/mol. The second-order valence-corrected chi connectivity index (χ2v) is 6.95. The van der Waals surface area contributed by atoms with Crippen molar-refractivity contribution in [1.82, 2.24) is 25.4 Å². The molecule has 8 nitrogen and oxygen atoms in total. The monoisotopic (exact) mass is 422 g/mol. The van der Waals surface area contributed by atoms with Gasteiger partial charge in [-0.05, 0) is 31.0 Å². The minimum Gasteiger partial charge on any atom is -0.497 e. The fraction of sp³-hybridized carbons (Fsp3) is 0.550. The molecule has 1 aromatic heterocycles. The van der Waals surface area contributed by atoms with Gasteiger partial charge in [-0.15, -0.1) is 10.2 Å². The molecule has 2 N–H and O–H groups in total. The van der Waals surface area contributed by atoms with Gasteiger partial charge >= 0.3 is 6.61 Å². The largest absolute Gasteiger partial charge is 0.497 e. The molecule has 1 aliphatic heterocycles. The first-order chi connectivity index (χ1) is 14.6. The van der Waals surface area contributed by atoms with Crippen LogP contribution in [0.1, 0.15) is 36.5 Å². The summed E-state index contributed by atoms with van der Waals surface area (Å²) in [6.07, 6.45) is 5.23. The van der Waals surface area contributed by atoms with Gasteiger partial charge in [0.25, 0.3) is 0 Å². The number of benzene rings is 1. The Hall–Kier alpha value is -2.91. The summed E-state index contributed by atoms with van der Waals surface area (Å²) in [6.45, 7) is -1.06. The number of aliphatic imine (C=N–C) groups is 1. The predicted molar refractivity (Wildman–Crippen MR) is 109 cm³/mol. The van der Waals surface area contributed by atoms with Crippen molar-refractivity contribution in [2.24, 2.45) is 4.99 Å². The van der Waals surface area contributed by atoms with Crippen LogP contribution >= 0.6 is 0 Å². The Kier molecular flexibility index (Phi) is 7.81. The molecule has 10 heteroatoms. The Balaban J connectivity index is 1.55. The number of hydrogen-bond donors (Lipinski definition) is 2. The first-order valence-electron chi connectivity index (χ1n) is 10.1. The zero-order valence-corrected chi connectivity index (χ0v) is 17.3. The second kappa shape index (κ2) is 10.7. The summed E-state index contributed by atoms with van der Waals surface area (Å²) >= 11 is 0. The van der Waals surface area contributed by atoms with Crippen molar-refractivity contribution in [3.05, 3.63) is 35.4 Å². The van der Waals surface area contributed by atoms with Gasteiger partial charge in [0.1, 0.15) is 23.1 Å². The number of rotatable bonds is 8. The second-order valence-electron chi connectivity index (χ2n) is 6.95. The molecule has 3 rings (SSSR count). The van der Waals surface area contributed by atoms with E-state index in [0.29, 0.717) is 30.2 Å². The van der Waals surface area contributed by atoms with Gasteiger partial charge in [0.15, 0.2) is 5.96 Å². The summed E-state index contributed by atoms with van der Waals surface area (Å²) in [4.78, 5) is 4.19. The van der Waals surface area contributed by atoms with Crippen LogP contribution in [-0.4, -0.2) is 48.0 Å². The number of nitrogens with one attached hydrogen (secondary N) is 2. The van der Waals surface area contributed by atoms with Crippen molar-refractivity contribution in [2.75, 3.05) is 20.7 Å². The highest BCUT2D eigenvalue weighted by molar-refractivity contribution is 5.79. The van der Waals surface area contributed by atoms with Crippen molar-refractivity contribution in [3.63, 3.8) is 0 Å². The quantitative estimate of drug-likeness (QED) is 0.502. The van der Waals surface area contributed by atoms with Gasteiger partial charge in [0.2, 0.25) is 0 Å². The van der Waals surface area contributed by atoms with Crippen LogP contribution in [0.5, 0.6) is 11.5 Å². The van der Waals surface area contributed by atoms with Crippen LogP contribution < -0.4 is 20.1 Å². The topological polar surface area (TPSA) is 85.6 Å². The lowest BCUT2D eigenvalue weighted by Gasteiger charge is -2.15. The summed E-state index contributed by atoms with van der Waals surface area (Å²) in [6, 6.07) is 4.70. The van der Waals surface area contributed by atoms with Crippen LogP contribution in [0.15, 0.2) is 23.2 Å². The van der Waals surface area contributed by atoms with Crippen LogP contribution in [0.25, 0.3) is 0 Å². The fourth-order valence-corrected chi connectivity index (χ4v) is 3.45. The number of halogens is 2. The van der Waals surface area contributed by atoms with Crippen molar-refractivity contribution < 1.29 is 18.3 Å². The summed E-state index contributed by atoms with van der Waals surface area (Å²) in [5, 5.41) is 15.0. The molecule has 2 heterocycles. The molecule has 1 aliphatic rings. The van der Waals surface area contributed by atoms with Crippen LogP contribution in [0, 0.1) is 0 Å². The zero-order chi connectivity index (χ0) is 21.3. The number of aromatic nitrogens is 3. The van der Waals surface area contributed by atoms with Gasteiger partial charge < -0.3 is 24.7 Å². The van der Waals surface area contributed by atoms with Gasteiger partial charge in [-0.1, -0.05) is 6.42 Å². The smallest absolute Gasteiger partial charge is 0.387 e. The fourth-order valence-electron chi connectivity index (χ4n) is 3.45. The molecule has 1 aromatic carbocycles. The number of fused-ring (bicyclic) bond motifs is 1. The minimum atomic E-state index is -2.90. The lowest BCUT2D eigenvalue weighted by molar-refractivity contribution is -0.0504. The molecule has 0 saturated heterocycles. The van der Waals surface area contributed by atoms with Crippen molar-refractivity contribution >= 4 is 5.96 Å². The van der Waals surface area contributed by atoms with Gasteiger partial charge in [0, 0.05) is 45.1 Å². The van der Waals surface area contributed by atoms with E-state index >= 15 is 0 Å². The third kappa shape index (κ3) is 5.80. The molecule has 0 spiro atoms. The SMILES string of the molecule is CN=C(NCCc1nnc2n1CCCCC2)NCc1cc(OC)ccc1OC(F)F. The molecule has 0 fully saturated rings. The van der Waals surface area contributed by atoms with Gasteiger partial charge in [-0.2, -0.15) is 8.78 Å². The number of hydrogen-bond acceptors (Lipinski definition) is 5. The maximum absolute atomic E-state index is 12.7. The van der Waals surface area contributed by atoms with Crippen LogP contribution in [-0.2, 0) is 25.9 Å². The number of ether oxygens (including phenoxy) is 2. The van der Waals surface area contributed by atoms with Gasteiger partial charge in [-0.3, -0.25) is 4.99 Å². The first kappa shape index (κ1) is 21.8. The van der Waals surface area contributed by atoms with E-state index in [0.717, 1.165) is 37.5 Å². The Morgan fingerprint density at radius 2 is 2.10 bits per heavy atom. The molecule has 2 aromatic rings. The Morgan fingerprint density at radius 3 is 2.87 bits per heavy atom. The van der Waals surface area contributed by atoms with E-state index in [1.165, 1.54) is 19.6 Å². The first-order valence-corrected chi connectivity index (χ1v) is 10.1. The maximum Gasteiger partial charge on any atom is 0.387 e. The van der Waals surface area contributed by atoms with Gasteiger partial charge in [-0.25, -0.2) is 0 Å². The third-order valence-electron chi connectivity index (χ3n) is 4.98. The number of aryl methyl sites for hydroxylation is 1. The van der Waals surface area contributed by atoms with E-state index in [9.17, 15) is 8.78 Å². The summed E-state index contributed by atoms with van der Waals surface area (Å²) in [5.74, 6) is 3.24. The lowest BCUT2D eigenvalue weighted by atomic mass is 10.2. The zero-order valence-electron chi connectivity index (χ0n) is 17.3. The highest BCUT2D eigenvalue weighted by Crippen LogP contribution is 2.25. The van der Waals surface area contributed by atoms with Crippen molar-refractivity contribution in [1.29, 1.82) is 0 Å². The molecule has 0 saturated carbocycles. The molecular formula is C20H28F2N6O2. The molecule has 0 atom stereocenters. The Labute approximate surface area is 174 Å². The third-order valence-corrected chi connectivity index (χ3v) is 4.98. The normalized spacial score (nSPS) is 14.2. The minimum absolute atomic E-state index is 0.0971. The molecule has 30 heavy (non-hydrogen) atoms. The van der Waals surface area contributed by atoms with Crippen LogP contribution in [0.2, 0.25) is 0 Å². The van der Waals surface area contributed by atoms with Crippen LogP contribution in [0.3, 0.4) is 0 Å². The molecule has 0 radical (unpaired) electrons. The Morgan fingerprint density at radius 1 is 1.23 bits per heavy atom. The van der Waals surface area contributed by atoms with E-state index in [2.05, 4.69) is 35.1 Å². The molecule has 0 aliphatic carbocycles. The standard InChI is InChI=1S/C20H28F2N6O2/c1-23-20(24-10-9-18-27-26-17-6-4-3-5-11-28(17)18)25-13-14-12-15(29-2)7-8-16(14)30-19(21)22/h7-8,12,19H,3-6,9-11,13H2,1-2H3,(H2,23,24,25). The van der Waals surface area contributed by atoms with E-state index in [1.807, 2.05) is 0 Å². The highest BCUT2D eigenvalue weighted by Gasteiger charge is 2.15. The molecule has 0 amide bonds. The number of alkyl halides is 2. The van der Waals surface area contributed by atoms with E-state index in [4.69, 9.17) is 4.74 Å². The van der Waals surface area contributed by atoms with Crippen LogP contribution in [0.4, 0.5) is 8.78 Å². The summed E-state index contributed by atoms with van der Waals surface area (Å²) in [5.41, 5.74) is 0.542. The maximum atomic E-state index is 12.7. The number of guanidine groups is 1. The highest BCUT2D eigenvalue weighted by atomic mass is 19.3. The summed E-state index contributed by atoms with van der Waals surface area (Å²) < 4.78 is 37.3.